The Morgan fingerprint density at radius 3 is 2.39 bits per heavy atom. The molecule has 0 saturated carbocycles. The lowest BCUT2D eigenvalue weighted by Crippen LogP contribution is -2.43. The summed E-state index contributed by atoms with van der Waals surface area (Å²) in [6, 6.07) is 7.70. The highest BCUT2D eigenvalue weighted by Crippen LogP contribution is 2.03. The van der Waals surface area contributed by atoms with Gasteiger partial charge in [-0.1, -0.05) is 31.5 Å². The monoisotopic (exact) mass is 335 g/mol. The minimum Gasteiger partial charge on any atom is -0.360 e. The van der Waals surface area contributed by atoms with Gasteiger partial charge in [-0.3, -0.25) is 10.1 Å². The number of nitrogens with one attached hydrogen (secondary N) is 2. The van der Waals surface area contributed by atoms with Gasteiger partial charge in [0.05, 0.1) is 0 Å². The maximum Gasteiger partial charge on any atom is 0.257 e. The Bertz CT molecular complexity index is 497. The highest BCUT2D eigenvalue weighted by atomic mass is 32.1. The second-order valence-corrected chi connectivity index (χ2v) is 6.27. The van der Waals surface area contributed by atoms with Crippen molar-refractivity contribution in [2.45, 2.75) is 46.6 Å². The molecule has 0 aliphatic carbocycles. The minimum atomic E-state index is -0.169. The van der Waals surface area contributed by atoms with Crippen LogP contribution in [0.2, 0.25) is 0 Å². The van der Waals surface area contributed by atoms with Crippen LogP contribution in [-0.4, -0.2) is 41.6 Å². The van der Waals surface area contributed by atoms with E-state index in [9.17, 15) is 4.79 Å². The van der Waals surface area contributed by atoms with E-state index in [1.54, 1.807) is 12.1 Å². The number of hydrogen-bond donors (Lipinski definition) is 2. The van der Waals surface area contributed by atoms with Crippen molar-refractivity contribution in [3.63, 3.8) is 0 Å². The van der Waals surface area contributed by atoms with E-state index in [1.807, 2.05) is 19.1 Å². The number of aryl methyl sites for hydroxylation is 1. The smallest absolute Gasteiger partial charge is 0.257 e. The van der Waals surface area contributed by atoms with Crippen LogP contribution >= 0.6 is 12.2 Å². The molecule has 1 unspecified atom stereocenters. The van der Waals surface area contributed by atoms with Crippen molar-refractivity contribution in [1.82, 2.24) is 15.5 Å². The van der Waals surface area contributed by atoms with Crippen molar-refractivity contribution in [3.8, 4) is 0 Å². The van der Waals surface area contributed by atoms with Crippen LogP contribution in [0.25, 0.3) is 0 Å². The zero-order chi connectivity index (χ0) is 17.2. The molecule has 0 bridgehead atoms. The Hall–Kier alpha value is -1.46. The fourth-order valence-corrected chi connectivity index (χ4v) is 2.67. The SMILES string of the molecule is CCN(CC)CCCC(C)NC(=S)NC(=O)c1ccc(C)cc1. The van der Waals surface area contributed by atoms with Crippen molar-refractivity contribution < 1.29 is 4.79 Å². The molecule has 0 spiro atoms. The van der Waals surface area contributed by atoms with Gasteiger partial charge in [-0.25, -0.2) is 0 Å². The molecule has 0 aromatic heterocycles. The summed E-state index contributed by atoms with van der Waals surface area (Å²) in [6.45, 7) is 11.7. The van der Waals surface area contributed by atoms with Crippen LogP contribution in [0.4, 0.5) is 0 Å². The average Bonchev–Trinajstić information content (AvgIpc) is 2.52. The number of hydrogen-bond acceptors (Lipinski definition) is 3. The molecule has 0 fully saturated rings. The molecule has 1 aromatic carbocycles. The first kappa shape index (κ1) is 19.6. The van der Waals surface area contributed by atoms with E-state index in [0.717, 1.165) is 38.0 Å². The largest absolute Gasteiger partial charge is 0.360 e. The molecule has 0 saturated heterocycles. The fourth-order valence-electron chi connectivity index (χ4n) is 2.37. The summed E-state index contributed by atoms with van der Waals surface area (Å²) in [6.07, 6.45) is 2.14. The van der Waals surface area contributed by atoms with E-state index in [2.05, 4.69) is 36.3 Å². The number of carbonyl (C=O) groups is 1. The van der Waals surface area contributed by atoms with Crippen LogP contribution in [0.3, 0.4) is 0 Å². The summed E-state index contributed by atoms with van der Waals surface area (Å²) in [7, 11) is 0. The molecule has 2 N–H and O–H groups in total. The summed E-state index contributed by atoms with van der Waals surface area (Å²) in [4.78, 5) is 14.5. The molecule has 128 valence electrons. The Balaban J connectivity index is 2.32. The van der Waals surface area contributed by atoms with Crippen LogP contribution in [0.15, 0.2) is 24.3 Å². The number of thiocarbonyl (C=S) groups is 1. The van der Waals surface area contributed by atoms with Crippen molar-refractivity contribution in [2.75, 3.05) is 19.6 Å². The lowest BCUT2D eigenvalue weighted by molar-refractivity contribution is 0.0976. The van der Waals surface area contributed by atoms with Crippen LogP contribution < -0.4 is 10.6 Å². The van der Waals surface area contributed by atoms with E-state index < -0.39 is 0 Å². The van der Waals surface area contributed by atoms with E-state index >= 15 is 0 Å². The number of nitrogens with zero attached hydrogens (tertiary/aromatic N) is 1. The van der Waals surface area contributed by atoms with Gasteiger partial charge < -0.3 is 10.2 Å². The van der Waals surface area contributed by atoms with E-state index in [1.165, 1.54) is 0 Å². The van der Waals surface area contributed by atoms with E-state index in [0.29, 0.717) is 10.7 Å². The minimum absolute atomic E-state index is 0.169. The first-order valence-electron chi connectivity index (χ1n) is 8.37. The molecule has 0 radical (unpaired) electrons. The number of carbonyl (C=O) groups excluding carboxylic acids is 1. The van der Waals surface area contributed by atoms with Crippen LogP contribution in [0.1, 0.15) is 49.5 Å². The van der Waals surface area contributed by atoms with Crippen molar-refractivity contribution in [2.24, 2.45) is 0 Å². The summed E-state index contributed by atoms with van der Waals surface area (Å²) in [5, 5.41) is 6.32. The molecular weight excluding hydrogens is 306 g/mol. The third-order valence-corrected chi connectivity index (χ3v) is 4.14. The second kappa shape index (κ2) is 10.3. The molecule has 23 heavy (non-hydrogen) atoms. The zero-order valence-corrected chi connectivity index (χ0v) is 15.5. The molecule has 5 heteroatoms. The van der Waals surface area contributed by atoms with Gasteiger partial charge in [0.1, 0.15) is 0 Å². The third kappa shape index (κ3) is 7.57. The molecule has 0 heterocycles. The van der Waals surface area contributed by atoms with Gasteiger partial charge in [0, 0.05) is 11.6 Å². The predicted octanol–water partition coefficient (Wildman–Crippen LogP) is 3.11. The molecular formula is C18H29N3OS. The van der Waals surface area contributed by atoms with Gasteiger partial charge in [0.2, 0.25) is 0 Å². The second-order valence-electron chi connectivity index (χ2n) is 5.86. The first-order chi connectivity index (χ1) is 11.0. The van der Waals surface area contributed by atoms with Gasteiger partial charge in [0.15, 0.2) is 5.11 Å². The van der Waals surface area contributed by atoms with Crippen molar-refractivity contribution in [3.05, 3.63) is 35.4 Å². The summed E-state index contributed by atoms with van der Waals surface area (Å²) in [5.74, 6) is -0.169. The molecule has 0 aliphatic rings. The molecule has 4 nitrogen and oxygen atoms in total. The van der Waals surface area contributed by atoms with Gasteiger partial charge >= 0.3 is 0 Å². The zero-order valence-electron chi connectivity index (χ0n) is 14.7. The predicted molar refractivity (Wildman–Crippen MR) is 101 cm³/mol. The van der Waals surface area contributed by atoms with Crippen LogP contribution in [0, 0.1) is 6.92 Å². The van der Waals surface area contributed by atoms with Crippen molar-refractivity contribution in [1.29, 1.82) is 0 Å². The molecule has 1 amide bonds. The van der Waals surface area contributed by atoms with Gasteiger partial charge in [0.25, 0.3) is 5.91 Å². The van der Waals surface area contributed by atoms with Gasteiger partial charge in [-0.15, -0.1) is 0 Å². The normalized spacial score (nSPS) is 12.0. The number of benzene rings is 1. The van der Waals surface area contributed by atoms with Crippen LogP contribution in [-0.2, 0) is 0 Å². The average molecular weight is 336 g/mol. The Morgan fingerprint density at radius 2 is 1.83 bits per heavy atom. The van der Waals surface area contributed by atoms with Gasteiger partial charge in [-0.05, 0) is 70.7 Å². The van der Waals surface area contributed by atoms with Crippen LogP contribution in [0.5, 0.6) is 0 Å². The lowest BCUT2D eigenvalue weighted by atomic mass is 10.1. The maximum absolute atomic E-state index is 12.1. The first-order valence-corrected chi connectivity index (χ1v) is 8.78. The highest BCUT2D eigenvalue weighted by molar-refractivity contribution is 7.80. The number of amides is 1. The lowest BCUT2D eigenvalue weighted by Gasteiger charge is -2.20. The van der Waals surface area contributed by atoms with E-state index in [4.69, 9.17) is 12.2 Å². The van der Waals surface area contributed by atoms with Crippen molar-refractivity contribution >= 4 is 23.2 Å². The summed E-state index contributed by atoms with van der Waals surface area (Å²) in [5.41, 5.74) is 1.75. The molecule has 1 atom stereocenters. The maximum atomic E-state index is 12.1. The van der Waals surface area contributed by atoms with Gasteiger partial charge in [-0.2, -0.15) is 0 Å². The fraction of sp³-hybridized carbons (Fsp3) is 0.556. The summed E-state index contributed by atoms with van der Waals surface area (Å²) >= 11 is 5.23. The number of rotatable bonds is 8. The van der Waals surface area contributed by atoms with E-state index in [-0.39, 0.29) is 11.9 Å². The highest BCUT2D eigenvalue weighted by Gasteiger charge is 2.10. The Labute approximate surface area is 145 Å². The standard InChI is InChI=1S/C18H29N3OS/c1-5-21(6-2)13-7-8-15(4)19-18(23)20-17(22)16-11-9-14(3)10-12-16/h9-12,15H,5-8,13H2,1-4H3,(H2,19,20,22,23). The molecule has 1 aromatic rings. The Morgan fingerprint density at radius 1 is 1.22 bits per heavy atom. The quantitative estimate of drug-likeness (QED) is 0.717. The molecule has 1 rings (SSSR count). The summed E-state index contributed by atoms with van der Waals surface area (Å²) < 4.78 is 0. The molecule has 0 aliphatic heterocycles. The Kier molecular flexibility index (Phi) is 8.81. The topological polar surface area (TPSA) is 44.4 Å². The third-order valence-electron chi connectivity index (χ3n) is 3.92.